The van der Waals surface area contributed by atoms with E-state index in [-0.39, 0.29) is 6.04 Å². The summed E-state index contributed by atoms with van der Waals surface area (Å²) in [5.74, 6) is 1.24. The number of benzene rings is 1. The Balaban J connectivity index is 2.08. The number of pyridine rings is 1. The molecular formula is C15H16N2O. The summed E-state index contributed by atoms with van der Waals surface area (Å²) in [6.45, 7) is 5.01. The number of ether oxygens (including phenoxy) is 1. The summed E-state index contributed by atoms with van der Waals surface area (Å²) in [5, 5.41) is 1.12. The number of aromatic nitrogens is 1. The van der Waals surface area contributed by atoms with Crippen molar-refractivity contribution in [1.29, 1.82) is 0 Å². The van der Waals surface area contributed by atoms with Crippen LogP contribution in [0.4, 0.5) is 0 Å². The van der Waals surface area contributed by atoms with Gasteiger partial charge in [-0.1, -0.05) is 32.0 Å². The van der Waals surface area contributed by atoms with E-state index in [2.05, 4.69) is 36.0 Å². The highest BCUT2D eigenvalue weighted by molar-refractivity contribution is 6.05. The van der Waals surface area contributed by atoms with Crippen LogP contribution in [0.15, 0.2) is 41.5 Å². The maximum atomic E-state index is 5.73. The summed E-state index contributed by atoms with van der Waals surface area (Å²) in [6.07, 6.45) is 1.81. The van der Waals surface area contributed by atoms with E-state index in [1.807, 2.05) is 18.2 Å². The summed E-state index contributed by atoms with van der Waals surface area (Å²) in [4.78, 5) is 9.10. The molecule has 0 spiro atoms. The second-order valence-corrected chi connectivity index (χ2v) is 4.94. The summed E-state index contributed by atoms with van der Waals surface area (Å²) >= 11 is 0. The Morgan fingerprint density at radius 3 is 2.83 bits per heavy atom. The molecule has 2 aromatic rings. The Labute approximate surface area is 107 Å². The van der Waals surface area contributed by atoms with Crippen LogP contribution < -0.4 is 0 Å². The van der Waals surface area contributed by atoms with Crippen LogP contribution in [-0.4, -0.2) is 23.5 Å². The van der Waals surface area contributed by atoms with E-state index >= 15 is 0 Å². The Bertz CT molecular complexity index is 599. The average molecular weight is 240 g/mol. The first-order valence-electron chi connectivity index (χ1n) is 6.30. The van der Waals surface area contributed by atoms with Gasteiger partial charge in [-0.15, -0.1) is 0 Å². The Kier molecular flexibility index (Phi) is 2.74. The molecule has 0 N–H and O–H groups in total. The van der Waals surface area contributed by atoms with Gasteiger partial charge in [0, 0.05) is 11.6 Å². The number of nitrogens with zero attached hydrogens (tertiary/aromatic N) is 2. The number of hydrogen-bond acceptors (Lipinski definition) is 3. The van der Waals surface area contributed by atoms with Gasteiger partial charge in [-0.25, -0.2) is 4.99 Å². The largest absolute Gasteiger partial charge is 0.475 e. The highest BCUT2D eigenvalue weighted by Gasteiger charge is 2.23. The third kappa shape index (κ3) is 1.86. The highest BCUT2D eigenvalue weighted by Crippen LogP contribution is 2.22. The lowest BCUT2D eigenvalue weighted by molar-refractivity contribution is 0.292. The van der Waals surface area contributed by atoms with Crippen LogP contribution in [0.25, 0.3) is 10.9 Å². The van der Waals surface area contributed by atoms with E-state index < -0.39 is 0 Å². The summed E-state index contributed by atoms with van der Waals surface area (Å²) < 4.78 is 5.73. The van der Waals surface area contributed by atoms with Gasteiger partial charge in [0.15, 0.2) is 0 Å². The van der Waals surface area contributed by atoms with Crippen molar-refractivity contribution in [3.8, 4) is 0 Å². The highest BCUT2D eigenvalue weighted by atomic mass is 16.5. The minimum absolute atomic E-state index is 0.263. The van der Waals surface area contributed by atoms with Crippen LogP contribution in [0.5, 0.6) is 0 Å². The fourth-order valence-electron chi connectivity index (χ4n) is 2.16. The van der Waals surface area contributed by atoms with Gasteiger partial charge >= 0.3 is 0 Å². The molecule has 0 amide bonds. The maximum absolute atomic E-state index is 5.73. The smallest absolute Gasteiger partial charge is 0.218 e. The molecule has 0 saturated heterocycles. The number of fused-ring (bicyclic) bond motifs is 1. The van der Waals surface area contributed by atoms with Crippen molar-refractivity contribution in [3.05, 3.63) is 42.1 Å². The van der Waals surface area contributed by atoms with E-state index in [0.29, 0.717) is 12.5 Å². The Morgan fingerprint density at radius 1 is 1.22 bits per heavy atom. The molecule has 18 heavy (non-hydrogen) atoms. The van der Waals surface area contributed by atoms with Gasteiger partial charge in [0.2, 0.25) is 5.90 Å². The molecule has 1 atom stereocenters. The maximum Gasteiger partial charge on any atom is 0.218 e. The molecule has 2 heterocycles. The Morgan fingerprint density at radius 2 is 2.06 bits per heavy atom. The van der Waals surface area contributed by atoms with Gasteiger partial charge in [0.1, 0.15) is 6.61 Å². The van der Waals surface area contributed by atoms with Gasteiger partial charge in [-0.3, -0.25) is 4.98 Å². The van der Waals surface area contributed by atoms with Crippen molar-refractivity contribution in [1.82, 2.24) is 4.98 Å². The molecule has 92 valence electrons. The minimum Gasteiger partial charge on any atom is -0.475 e. The number of aliphatic imine (C=N–C) groups is 1. The molecule has 0 saturated carbocycles. The summed E-state index contributed by atoms with van der Waals surface area (Å²) in [6, 6.07) is 10.4. The SMILES string of the molecule is CC(C)C1COC(c2cccc3cccnc23)=N1. The van der Waals surface area contributed by atoms with Crippen LogP contribution in [0, 0.1) is 5.92 Å². The van der Waals surface area contributed by atoms with Crippen LogP contribution in [0.2, 0.25) is 0 Å². The van der Waals surface area contributed by atoms with E-state index in [4.69, 9.17) is 4.74 Å². The van der Waals surface area contributed by atoms with Crippen molar-refractivity contribution in [2.75, 3.05) is 6.61 Å². The lowest BCUT2D eigenvalue weighted by Gasteiger charge is -2.06. The lowest BCUT2D eigenvalue weighted by Crippen LogP contribution is -2.13. The normalized spacial score (nSPS) is 19.1. The van der Waals surface area contributed by atoms with Crippen LogP contribution in [0.1, 0.15) is 19.4 Å². The molecule has 1 aliphatic rings. The average Bonchev–Trinajstić information content (AvgIpc) is 2.87. The predicted octanol–water partition coefficient (Wildman–Crippen LogP) is 3.04. The molecule has 0 fully saturated rings. The predicted molar refractivity (Wildman–Crippen MR) is 72.9 cm³/mol. The minimum atomic E-state index is 0.263. The van der Waals surface area contributed by atoms with Gasteiger partial charge in [0.05, 0.1) is 17.1 Å². The molecule has 1 aromatic carbocycles. The first-order chi connectivity index (χ1) is 8.75. The second-order valence-electron chi connectivity index (χ2n) is 4.94. The molecular weight excluding hydrogens is 224 g/mol. The molecule has 1 aromatic heterocycles. The fraction of sp³-hybridized carbons (Fsp3) is 0.333. The van der Waals surface area contributed by atoms with E-state index in [1.54, 1.807) is 6.20 Å². The van der Waals surface area contributed by atoms with Gasteiger partial charge in [-0.05, 0) is 18.1 Å². The molecule has 0 bridgehead atoms. The van der Waals surface area contributed by atoms with Gasteiger partial charge < -0.3 is 4.74 Å². The van der Waals surface area contributed by atoms with Crippen LogP contribution in [0.3, 0.4) is 0 Å². The first kappa shape index (κ1) is 11.2. The zero-order valence-corrected chi connectivity index (χ0v) is 10.6. The topological polar surface area (TPSA) is 34.5 Å². The third-order valence-corrected chi connectivity index (χ3v) is 3.31. The molecule has 1 aliphatic heterocycles. The third-order valence-electron chi connectivity index (χ3n) is 3.31. The van der Waals surface area contributed by atoms with Crippen molar-refractivity contribution >= 4 is 16.8 Å². The van der Waals surface area contributed by atoms with Gasteiger partial charge in [-0.2, -0.15) is 0 Å². The second kappa shape index (κ2) is 4.41. The molecule has 0 radical (unpaired) electrons. The number of rotatable bonds is 2. The van der Waals surface area contributed by atoms with E-state index in [9.17, 15) is 0 Å². The van der Waals surface area contributed by atoms with Gasteiger partial charge in [0.25, 0.3) is 0 Å². The molecule has 0 aliphatic carbocycles. The Hall–Kier alpha value is -1.90. The molecule has 3 rings (SSSR count). The molecule has 3 nitrogen and oxygen atoms in total. The summed E-state index contributed by atoms with van der Waals surface area (Å²) in [5.41, 5.74) is 1.96. The molecule has 3 heteroatoms. The zero-order chi connectivity index (χ0) is 12.5. The van der Waals surface area contributed by atoms with Crippen LogP contribution >= 0.6 is 0 Å². The van der Waals surface area contributed by atoms with Crippen LogP contribution in [-0.2, 0) is 4.74 Å². The van der Waals surface area contributed by atoms with Crippen molar-refractivity contribution in [2.45, 2.75) is 19.9 Å². The first-order valence-corrected chi connectivity index (χ1v) is 6.30. The lowest BCUT2D eigenvalue weighted by atomic mass is 10.1. The number of para-hydroxylation sites is 1. The van der Waals surface area contributed by atoms with Crippen molar-refractivity contribution < 1.29 is 4.74 Å². The molecule has 1 unspecified atom stereocenters. The summed E-state index contributed by atoms with van der Waals surface area (Å²) in [7, 11) is 0. The van der Waals surface area contributed by atoms with E-state index in [0.717, 1.165) is 22.4 Å². The standard InChI is InChI=1S/C15H16N2O/c1-10(2)13-9-18-15(17-13)12-7-3-5-11-6-4-8-16-14(11)12/h3-8,10,13H,9H2,1-2H3. The van der Waals surface area contributed by atoms with E-state index in [1.165, 1.54) is 0 Å². The zero-order valence-electron chi connectivity index (χ0n) is 10.6. The quantitative estimate of drug-likeness (QED) is 0.808. The monoisotopic (exact) mass is 240 g/mol. The fourth-order valence-corrected chi connectivity index (χ4v) is 2.16. The van der Waals surface area contributed by atoms with Crippen molar-refractivity contribution in [2.24, 2.45) is 10.9 Å². The van der Waals surface area contributed by atoms with Crippen molar-refractivity contribution in [3.63, 3.8) is 0 Å². The number of hydrogen-bond donors (Lipinski definition) is 0.